The van der Waals surface area contributed by atoms with E-state index in [1.165, 1.54) is 42.5 Å². The summed E-state index contributed by atoms with van der Waals surface area (Å²) in [4.78, 5) is 23.5. The number of phenols is 1. The number of thiophene rings is 1. The highest BCUT2D eigenvalue weighted by atomic mass is 32.1. The topological polar surface area (TPSA) is 105 Å². The molecule has 1 aliphatic rings. The summed E-state index contributed by atoms with van der Waals surface area (Å²) in [5, 5.41) is 28.7. The largest absolute Gasteiger partial charge is 0.500 e. The highest BCUT2D eigenvalue weighted by Crippen LogP contribution is 2.42. The zero-order valence-corrected chi connectivity index (χ0v) is 14.3. The highest BCUT2D eigenvalue weighted by molar-refractivity contribution is 7.12. The zero-order valence-electron chi connectivity index (χ0n) is 13.5. The maximum Gasteiger partial charge on any atom is 0.315 e. The van der Waals surface area contributed by atoms with E-state index in [0.717, 1.165) is 10.6 Å². The van der Waals surface area contributed by atoms with Crippen LogP contribution in [0.25, 0.3) is 0 Å². The summed E-state index contributed by atoms with van der Waals surface area (Å²) in [6.07, 6.45) is 0.422. The Morgan fingerprint density at radius 1 is 1.52 bits per heavy atom. The van der Waals surface area contributed by atoms with Gasteiger partial charge in [-0.1, -0.05) is 6.07 Å². The number of benzene rings is 1. The zero-order chi connectivity index (χ0) is 18.1. The molecule has 0 aliphatic carbocycles. The van der Waals surface area contributed by atoms with Crippen LogP contribution >= 0.6 is 11.3 Å². The number of carbonyl (C=O) groups excluding carboxylic acids is 1. The number of nitrogens with zero attached hydrogens (tertiary/aromatic N) is 3. The van der Waals surface area contributed by atoms with Crippen molar-refractivity contribution in [3.8, 4) is 11.5 Å². The van der Waals surface area contributed by atoms with Crippen LogP contribution in [0.4, 0.5) is 5.69 Å². The molecule has 1 unspecified atom stereocenters. The fourth-order valence-corrected chi connectivity index (χ4v) is 3.47. The fraction of sp³-hybridized carbons (Fsp3) is 0.250. The lowest BCUT2D eigenvalue weighted by Gasteiger charge is -2.21. The average Bonchev–Trinajstić information content (AvgIpc) is 3.24. The van der Waals surface area contributed by atoms with Gasteiger partial charge >= 0.3 is 5.69 Å². The van der Waals surface area contributed by atoms with Crippen molar-refractivity contribution in [3.05, 3.63) is 50.2 Å². The van der Waals surface area contributed by atoms with E-state index in [1.54, 1.807) is 0 Å². The van der Waals surface area contributed by atoms with Crippen LogP contribution in [-0.4, -0.2) is 33.8 Å². The number of aromatic hydroxyl groups is 1. The molecule has 1 amide bonds. The number of carbonyl (C=O) groups is 1. The molecular weight excluding hydrogens is 346 g/mol. The third-order valence-electron chi connectivity index (χ3n) is 3.92. The van der Waals surface area contributed by atoms with E-state index in [2.05, 4.69) is 5.10 Å². The van der Waals surface area contributed by atoms with Gasteiger partial charge in [0, 0.05) is 19.4 Å². The molecule has 0 radical (unpaired) electrons. The van der Waals surface area contributed by atoms with Gasteiger partial charge in [-0.25, -0.2) is 5.01 Å². The number of ether oxygens (including phenoxy) is 1. The Kier molecular flexibility index (Phi) is 4.41. The van der Waals surface area contributed by atoms with Crippen molar-refractivity contribution in [2.75, 3.05) is 7.11 Å². The van der Waals surface area contributed by atoms with Crippen molar-refractivity contribution in [2.24, 2.45) is 5.10 Å². The molecule has 3 rings (SSSR count). The first-order valence-electron chi connectivity index (χ1n) is 7.38. The van der Waals surface area contributed by atoms with Gasteiger partial charge in [0.25, 0.3) is 0 Å². The van der Waals surface area contributed by atoms with E-state index >= 15 is 0 Å². The van der Waals surface area contributed by atoms with Gasteiger partial charge < -0.3 is 9.84 Å². The van der Waals surface area contributed by atoms with Gasteiger partial charge in [0.15, 0.2) is 5.75 Å². The van der Waals surface area contributed by atoms with Gasteiger partial charge in [-0.2, -0.15) is 5.10 Å². The number of phenolic OH excluding ortho intramolecular Hbond substituents is 1. The molecule has 25 heavy (non-hydrogen) atoms. The lowest BCUT2D eigenvalue weighted by molar-refractivity contribution is -0.386. The number of methoxy groups -OCH3 is 1. The minimum Gasteiger partial charge on any atom is -0.500 e. The molecule has 1 aliphatic heterocycles. The molecule has 130 valence electrons. The lowest BCUT2D eigenvalue weighted by atomic mass is 9.99. The number of nitro benzene ring substituents is 1. The van der Waals surface area contributed by atoms with Gasteiger partial charge in [0.05, 0.1) is 28.7 Å². The van der Waals surface area contributed by atoms with Crippen LogP contribution in [0.2, 0.25) is 0 Å². The Morgan fingerprint density at radius 3 is 2.84 bits per heavy atom. The first-order valence-corrected chi connectivity index (χ1v) is 8.26. The number of hydrogen-bond donors (Lipinski definition) is 1. The van der Waals surface area contributed by atoms with Crippen LogP contribution in [0, 0.1) is 10.1 Å². The number of hydrazone groups is 1. The predicted molar refractivity (Wildman–Crippen MR) is 92.0 cm³/mol. The molecule has 0 saturated carbocycles. The second-order valence-electron chi connectivity index (χ2n) is 5.46. The second kappa shape index (κ2) is 6.52. The van der Waals surface area contributed by atoms with E-state index in [0.29, 0.717) is 12.0 Å². The van der Waals surface area contributed by atoms with Crippen molar-refractivity contribution in [2.45, 2.75) is 19.4 Å². The van der Waals surface area contributed by atoms with E-state index in [1.807, 2.05) is 17.5 Å². The summed E-state index contributed by atoms with van der Waals surface area (Å²) in [7, 11) is 1.31. The normalized spacial score (nSPS) is 16.6. The van der Waals surface area contributed by atoms with Crippen molar-refractivity contribution < 1.29 is 19.6 Å². The Hall–Kier alpha value is -2.94. The maximum absolute atomic E-state index is 12.0. The van der Waals surface area contributed by atoms with Gasteiger partial charge in [-0.05, 0) is 23.1 Å². The maximum atomic E-state index is 12.0. The molecule has 2 heterocycles. The van der Waals surface area contributed by atoms with Gasteiger partial charge in [0.2, 0.25) is 11.7 Å². The minimum atomic E-state index is -0.685. The molecule has 9 heteroatoms. The SMILES string of the molecule is COc1cc(C2CC(c3cccs3)=NN2C(C)=O)cc([N+](=O)[O-])c1O. The van der Waals surface area contributed by atoms with Crippen molar-refractivity contribution >= 4 is 28.6 Å². The van der Waals surface area contributed by atoms with E-state index in [4.69, 9.17) is 4.74 Å². The monoisotopic (exact) mass is 361 g/mol. The Morgan fingerprint density at radius 2 is 2.28 bits per heavy atom. The van der Waals surface area contributed by atoms with Crippen LogP contribution in [0.3, 0.4) is 0 Å². The van der Waals surface area contributed by atoms with E-state index < -0.39 is 22.4 Å². The number of hydrogen-bond acceptors (Lipinski definition) is 7. The number of nitro groups is 1. The summed E-state index contributed by atoms with van der Waals surface area (Å²) in [6, 6.07) is 6.05. The molecule has 1 N–H and O–H groups in total. The lowest BCUT2D eigenvalue weighted by Crippen LogP contribution is -2.24. The van der Waals surface area contributed by atoms with Crippen molar-refractivity contribution in [1.82, 2.24) is 5.01 Å². The molecule has 0 fully saturated rings. The highest BCUT2D eigenvalue weighted by Gasteiger charge is 2.34. The molecule has 0 spiro atoms. The number of rotatable bonds is 4. The standard InChI is InChI=1S/C16H15N3O5S/c1-9(20)18-12(8-11(17-18)15-4-3-5-25-15)10-6-13(19(22)23)16(21)14(7-10)24-2/h3-7,12,21H,8H2,1-2H3. The molecule has 1 aromatic heterocycles. The van der Waals surface area contributed by atoms with Gasteiger partial charge in [0.1, 0.15) is 0 Å². The molecule has 1 aromatic carbocycles. The smallest absolute Gasteiger partial charge is 0.315 e. The molecule has 0 saturated heterocycles. The molecule has 8 nitrogen and oxygen atoms in total. The van der Waals surface area contributed by atoms with Crippen LogP contribution in [0.1, 0.15) is 29.8 Å². The molecule has 1 atom stereocenters. The number of amides is 1. The predicted octanol–water partition coefficient (Wildman–Crippen LogP) is 3.07. The van der Waals surface area contributed by atoms with E-state index in [-0.39, 0.29) is 11.7 Å². The van der Waals surface area contributed by atoms with Crippen LogP contribution < -0.4 is 4.74 Å². The van der Waals surface area contributed by atoms with Crippen LogP contribution in [0.5, 0.6) is 11.5 Å². The first kappa shape index (κ1) is 16.9. The van der Waals surface area contributed by atoms with E-state index in [9.17, 15) is 20.0 Å². The third-order valence-corrected chi connectivity index (χ3v) is 4.84. The summed E-state index contributed by atoms with van der Waals surface area (Å²) in [5.41, 5.74) is 0.749. The minimum absolute atomic E-state index is 0.0164. The van der Waals surface area contributed by atoms with Crippen molar-refractivity contribution in [1.29, 1.82) is 0 Å². The second-order valence-corrected chi connectivity index (χ2v) is 6.40. The quantitative estimate of drug-likeness (QED) is 0.665. The molecule has 2 aromatic rings. The summed E-state index contributed by atoms with van der Waals surface area (Å²) < 4.78 is 5.04. The first-order chi connectivity index (χ1) is 11.9. The van der Waals surface area contributed by atoms with Crippen LogP contribution in [0.15, 0.2) is 34.7 Å². The van der Waals surface area contributed by atoms with Gasteiger partial charge in [-0.3, -0.25) is 14.9 Å². The average molecular weight is 361 g/mol. The fourth-order valence-electron chi connectivity index (χ4n) is 2.75. The Labute approximate surface area is 147 Å². The van der Waals surface area contributed by atoms with Gasteiger partial charge in [-0.15, -0.1) is 11.3 Å². The summed E-state index contributed by atoms with van der Waals surface area (Å²) in [5.74, 6) is -0.827. The molecule has 0 bridgehead atoms. The third kappa shape index (κ3) is 3.05. The molecular formula is C16H15N3O5S. The summed E-state index contributed by atoms with van der Waals surface area (Å²) in [6.45, 7) is 1.39. The van der Waals surface area contributed by atoms with Crippen LogP contribution in [-0.2, 0) is 4.79 Å². The van der Waals surface area contributed by atoms with Crippen molar-refractivity contribution in [3.63, 3.8) is 0 Å². The Bertz CT molecular complexity index is 863. The Balaban J connectivity index is 2.05. The summed E-state index contributed by atoms with van der Waals surface area (Å²) >= 11 is 1.51.